The van der Waals surface area contributed by atoms with Gasteiger partial charge in [0.25, 0.3) is 0 Å². The highest BCUT2D eigenvalue weighted by molar-refractivity contribution is 5.82. The van der Waals surface area contributed by atoms with Gasteiger partial charge in [0.2, 0.25) is 5.88 Å². The molecule has 3 aromatic carbocycles. The van der Waals surface area contributed by atoms with Crippen LogP contribution in [0.4, 0.5) is 10.2 Å². The summed E-state index contributed by atoms with van der Waals surface area (Å²) in [5.74, 6) is 1.72. The second-order valence-corrected chi connectivity index (χ2v) is 6.98. The first-order chi connectivity index (χ1) is 14.2. The van der Waals surface area contributed by atoms with Crippen molar-refractivity contribution in [2.75, 3.05) is 0 Å². The summed E-state index contributed by atoms with van der Waals surface area (Å²) in [7, 11) is 0. The average Bonchev–Trinajstić information content (AvgIpc) is 3.10. The van der Waals surface area contributed by atoms with Crippen molar-refractivity contribution >= 4 is 12.0 Å². The number of aryl methyl sites for hydroxylation is 1. The molecule has 0 unspecified atom stereocenters. The van der Waals surface area contributed by atoms with Gasteiger partial charge in [-0.1, -0.05) is 54.6 Å². The van der Waals surface area contributed by atoms with Gasteiger partial charge in [-0.3, -0.25) is 0 Å². The number of halogens is 1. The van der Waals surface area contributed by atoms with Crippen molar-refractivity contribution in [3.05, 3.63) is 101 Å². The molecule has 0 N–H and O–H groups in total. The van der Waals surface area contributed by atoms with Crippen molar-refractivity contribution in [1.82, 2.24) is 9.78 Å². The molecular weight excluding hydrogens is 365 g/mol. The normalized spacial score (nSPS) is 12.5. The Morgan fingerprint density at radius 2 is 1.79 bits per heavy atom. The van der Waals surface area contributed by atoms with Crippen LogP contribution in [0.25, 0.3) is 5.69 Å². The zero-order valence-corrected chi connectivity index (χ0v) is 15.8. The molecule has 0 spiro atoms. The number of rotatable bonds is 3. The van der Waals surface area contributed by atoms with Crippen molar-refractivity contribution in [3.8, 4) is 17.3 Å². The van der Waals surface area contributed by atoms with Crippen LogP contribution in [-0.2, 0) is 6.42 Å². The van der Waals surface area contributed by atoms with Crippen molar-refractivity contribution in [3.63, 3.8) is 0 Å². The Morgan fingerprint density at radius 3 is 2.62 bits per heavy atom. The molecule has 1 aromatic heterocycles. The van der Waals surface area contributed by atoms with Gasteiger partial charge in [0.15, 0.2) is 5.82 Å². The van der Waals surface area contributed by atoms with E-state index in [1.54, 1.807) is 22.9 Å². The fourth-order valence-corrected chi connectivity index (χ4v) is 3.54. The Morgan fingerprint density at radius 1 is 1.00 bits per heavy atom. The Kier molecular flexibility index (Phi) is 4.21. The summed E-state index contributed by atoms with van der Waals surface area (Å²) < 4.78 is 22.0. The minimum absolute atomic E-state index is 0.312. The highest BCUT2D eigenvalue weighted by Crippen LogP contribution is 2.42. The maximum Gasteiger partial charge on any atom is 0.244 e. The molecule has 5 rings (SSSR count). The van der Waals surface area contributed by atoms with E-state index in [1.165, 1.54) is 12.3 Å². The van der Waals surface area contributed by atoms with E-state index in [9.17, 15) is 4.39 Å². The van der Waals surface area contributed by atoms with Gasteiger partial charge >= 0.3 is 0 Å². The zero-order valence-electron chi connectivity index (χ0n) is 15.8. The molecule has 0 amide bonds. The maximum atomic E-state index is 14.1. The smallest absolute Gasteiger partial charge is 0.244 e. The van der Waals surface area contributed by atoms with Gasteiger partial charge in [-0.05, 0) is 36.2 Å². The molecule has 29 heavy (non-hydrogen) atoms. The van der Waals surface area contributed by atoms with Gasteiger partial charge in [-0.2, -0.15) is 0 Å². The molecule has 0 bridgehead atoms. The molecule has 4 nitrogen and oxygen atoms in total. The van der Waals surface area contributed by atoms with Crippen LogP contribution in [0.2, 0.25) is 0 Å². The molecule has 4 aromatic rings. The molecule has 0 aliphatic carbocycles. The van der Waals surface area contributed by atoms with E-state index in [0.717, 1.165) is 28.1 Å². The molecule has 1 aliphatic rings. The number of fused-ring (bicyclic) bond motifs is 2. The topological polar surface area (TPSA) is 39.4 Å². The number of hydrogen-bond acceptors (Lipinski definition) is 3. The van der Waals surface area contributed by atoms with Gasteiger partial charge in [-0.25, -0.2) is 14.1 Å². The molecule has 142 valence electrons. The quantitative estimate of drug-likeness (QED) is 0.371. The molecule has 0 fully saturated rings. The van der Waals surface area contributed by atoms with Gasteiger partial charge in [0.1, 0.15) is 11.6 Å². The molecule has 1 aliphatic heterocycles. The number of aliphatic imine (C=N–C) groups is 1. The standard InChI is InChI=1S/C24H18FN3O/c1-16-8-7-10-17-14-20-23(26-15-18-9-5-6-13-21(18)25)28(19-11-3-2-4-12-19)27-24(20)29-22(16)17/h2-13,15H,14H2,1H3/b26-15+. The average molecular weight is 383 g/mol. The molecule has 5 heteroatoms. The van der Waals surface area contributed by atoms with Gasteiger partial charge < -0.3 is 4.74 Å². The van der Waals surface area contributed by atoms with E-state index in [0.29, 0.717) is 23.7 Å². The Labute approximate surface area is 167 Å². The van der Waals surface area contributed by atoms with E-state index in [1.807, 2.05) is 49.4 Å². The summed E-state index contributed by atoms with van der Waals surface area (Å²) >= 11 is 0. The highest BCUT2D eigenvalue weighted by atomic mass is 19.1. The maximum absolute atomic E-state index is 14.1. The van der Waals surface area contributed by atoms with E-state index in [-0.39, 0.29) is 5.82 Å². The highest BCUT2D eigenvalue weighted by Gasteiger charge is 2.27. The Hall–Kier alpha value is -3.73. The third-order valence-corrected chi connectivity index (χ3v) is 5.01. The van der Waals surface area contributed by atoms with Crippen LogP contribution in [-0.4, -0.2) is 16.0 Å². The number of aromatic nitrogens is 2. The minimum Gasteiger partial charge on any atom is -0.437 e. The lowest BCUT2D eigenvalue weighted by Crippen LogP contribution is -2.03. The van der Waals surface area contributed by atoms with Crippen LogP contribution in [0, 0.1) is 12.7 Å². The van der Waals surface area contributed by atoms with Crippen molar-refractivity contribution in [2.45, 2.75) is 13.3 Å². The number of nitrogens with zero attached hydrogens (tertiary/aromatic N) is 3. The number of hydrogen-bond donors (Lipinski definition) is 0. The Balaban J connectivity index is 1.65. The molecule has 0 saturated carbocycles. The first kappa shape index (κ1) is 17.4. The second kappa shape index (κ2) is 7.02. The lowest BCUT2D eigenvalue weighted by molar-refractivity contribution is 0.435. The van der Waals surface area contributed by atoms with Crippen molar-refractivity contribution in [2.24, 2.45) is 4.99 Å². The van der Waals surface area contributed by atoms with Crippen LogP contribution < -0.4 is 4.74 Å². The molecular formula is C24H18FN3O. The SMILES string of the molecule is Cc1cccc2c1Oc1nn(-c3ccccc3)c(/N=C/c3ccccc3F)c1C2. The third kappa shape index (κ3) is 3.10. The predicted octanol–water partition coefficient (Wildman–Crippen LogP) is 5.77. The first-order valence-electron chi connectivity index (χ1n) is 9.43. The van der Waals surface area contributed by atoms with E-state index in [4.69, 9.17) is 4.74 Å². The van der Waals surface area contributed by atoms with Gasteiger partial charge in [0.05, 0.1) is 11.3 Å². The summed E-state index contributed by atoms with van der Waals surface area (Å²) in [5, 5.41) is 4.68. The molecule has 0 saturated heterocycles. The molecule has 0 radical (unpaired) electrons. The summed E-state index contributed by atoms with van der Waals surface area (Å²) in [6, 6.07) is 22.4. The summed E-state index contributed by atoms with van der Waals surface area (Å²) in [6.45, 7) is 2.02. The van der Waals surface area contributed by atoms with Gasteiger partial charge in [-0.15, -0.1) is 5.10 Å². The molecule has 2 heterocycles. The predicted molar refractivity (Wildman–Crippen MR) is 111 cm³/mol. The molecule has 0 atom stereocenters. The first-order valence-corrected chi connectivity index (χ1v) is 9.43. The minimum atomic E-state index is -0.312. The summed E-state index contributed by atoms with van der Waals surface area (Å²) in [5.41, 5.74) is 4.34. The van der Waals surface area contributed by atoms with Crippen LogP contribution in [0.15, 0.2) is 77.8 Å². The zero-order chi connectivity index (χ0) is 19.8. The van der Waals surface area contributed by atoms with Crippen LogP contribution >= 0.6 is 0 Å². The summed E-state index contributed by atoms with van der Waals surface area (Å²) in [6.07, 6.45) is 2.20. The number of para-hydroxylation sites is 2. The summed E-state index contributed by atoms with van der Waals surface area (Å²) in [4.78, 5) is 4.64. The van der Waals surface area contributed by atoms with Gasteiger partial charge in [0, 0.05) is 18.2 Å². The second-order valence-electron chi connectivity index (χ2n) is 6.98. The lowest BCUT2D eigenvalue weighted by Gasteiger charge is -2.17. The van der Waals surface area contributed by atoms with E-state index >= 15 is 0 Å². The van der Waals surface area contributed by atoms with Crippen LogP contribution in [0.5, 0.6) is 11.6 Å². The Bertz CT molecular complexity index is 1230. The van der Waals surface area contributed by atoms with Crippen LogP contribution in [0.3, 0.4) is 0 Å². The van der Waals surface area contributed by atoms with Crippen molar-refractivity contribution < 1.29 is 9.13 Å². The van der Waals surface area contributed by atoms with E-state index < -0.39 is 0 Å². The fourth-order valence-electron chi connectivity index (χ4n) is 3.54. The third-order valence-electron chi connectivity index (χ3n) is 5.01. The van der Waals surface area contributed by atoms with E-state index in [2.05, 4.69) is 16.2 Å². The number of ether oxygens (including phenoxy) is 1. The fraction of sp³-hybridized carbons (Fsp3) is 0.0833. The van der Waals surface area contributed by atoms with Crippen molar-refractivity contribution in [1.29, 1.82) is 0 Å². The largest absolute Gasteiger partial charge is 0.437 e. The lowest BCUT2D eigenvalue weighted by atomic mass is 10.0. The number of benzene rings is 3. The van der Waals surface area contributed by atoms with Crippen LogP contribution in [0.1, 0.15) is 22.3 Å². The monoisotopic (exact) mass is 383 g/mol.